The van der Waals surface area contributed by atoms with Crippen LogP contribution in [0.5, 0.6) is 0 Å². The molecule has 0 aliphatic carbocycles. The molecule has 0 bridgehead atoms. The van der Waals surface area contributed by atoms with Crippen LogP contribution in [-0.2, 0) is 0 Å². The largest absolute Gasteiger partial charge is 0.363 e. The number of aromatic amines is 1. The van der Waals surface area contributed by atoms with Crippen molar-refractivity contribution < 1.29 is 0 Å². The van der Waals surface area contributed by atoms with Crippen molar-refractivity contribution in [2.75, 3.05) is 25.0 Å². The molecule has 0 spiro atoms. The molecule has 5 nitrogen and oxygen atoms in total. The predicted molar refractivity (Wildman–Crippen MR) is 103 cm³/mol. The summed E-state index contributed by atoms with van der Waals surface area (Å²) in [6.45, 7) is 5.14. The lowest BCUT2D eigenvalue weighted by Crippen LogP contribution is -2.32. The second kappa shape index (κ2) is 6.53. The predicted octanol–water partition coefficient (Wildman–Crippen LogP) is 3.12. The second-order valence-corrected chi connectivity index (χ2v) is 6.91. The summed E-state index contributed by atoms with van der Waals surface area (Å²) in [5.74, 6) is 0.785. The number of anilines is 1. The fourth-order valence-corrected chi connectivity index (χ4v) is 4.03. The van der Waals surface area contributed by atoms with Crippen molar-refractivity contribution in [2.45, 2.75) is 32.2 Å². The lowest BCUT2D eigenvalue weighted by molar-refractivity contribution is 0.275. The molecule has 2 aromatic heterocycles. The molecule has 3 N–H and O–H groups in total. The summed E-state index contributed by atoms with van der Waals surface area (Å²) >= 11 is 5.26. The van der Waals surface area contributed by atoms with E-state index >= 15 is 0 Å². The van der Waals surface area contributed by atoms with Crippen LogP contribution < -0.4 is 10.6 Å². The van der Waals surface area contributed by atoms with Gasteiger partial charge in [0.25, 0.3) is 0 Å². The van der Waals surface area contributed by atoms with E-state index in [0.29, 0.717) is 11.2 Å². The van der Waals surface area contributed by atoms with Gasteiger partial charge in [0.1, 0.15) is 5.82 Å². The van der Waals surface area contributed by atoms with Gasteiger partial charge < -0.3 is 15.6 Å². The number of hydrogen-bond acceptors (Lipinski definition) is 3. The van der Waals surface area contributed by atoms with Crippen LogP contribution in [0.2, 0.25) is 0 Å². The number of H-pyrrole nitrogens is 1. The highest BCUT2D eigenvalue weighted by molar-refractivity contribution is 7.80. The fraction of sp³-hybridized carbons (Fsp3) is 0.444. The molecule has 4 heterocycles. The fourth-order valence-electron chi connectivity index (χ4n) is 3.79. The zero-order valence-corrected chi connectivity index (χ0v) is 14.7. The first kappa shape index (κ1) is 15.6. The van der Waals surface area contributed by atoms with Crippen molar-refractivity contribution in [2.24, 2.45) is 0 Å². The molecule has 24 heavy (non-hydrogen) atoms. The summed E-state index contributed by atoms with van der Waals surface area (Å²) in [6, 6.07) is 4.73. The standard InChI is InChI=1S/C18H23N5S/c1-2-19-18(24)22-16-6-5-15-17(21-16)14(11-20-15)12-7-9-23-8-3-4-13(23)10-12/h5-7,11,13,20H,2-4,8-10H2,1H3,(H2,19,21,22,24). The van der Waals surface area contributed by atoms with Gasteiger partial charge in [-0.25, -0.2) is 4.98 Å². The van der Waals surface area contributed by atoms with Crippen LogP contribution in [0.4, 0.5) is 5.82 Å². The summed E-state index contributed by atoms with van der Waals surface area (Å²) < 4.78 is 0. The first-order valence-electron chi connectivity index (χ1n) is 8.71. The van der Waals surface area contributed by atoms with Gasteiger partial charge in [0.2, 0.25) is 0 Å². The Labute approximate surface area is 147 Å². The topological polar surface area (TPSA) is 56.0 Å². The lowest BCUT2D eigenvalue weighted by Gasteiger charge is -2.28. The third-order valence-electron chi connectivity index (χ3n) is 4.97. The van der Waals surface area contributed by atoms with Gasteiger partial charge in [-0.1, -0.05) is 6.08 Å². The number of rotatable bonds is 3. The van der Waals surface area contributed by atoms with Gasteiger partial charge >= 0.3 is 0 Å². The van der Waals surface area contributed by atoms with E-state index in [-0.39, 0.29) is 0 Å². The number of hydrogen-bond donors (Lipinski definition) is 3. The maximum atomic E-state index is 5.26. The molecule has 2 aromatic rings. The molecule has 0 saturated carbocycles. The summed E-state index contributed by atoms with van der Waals surface area (Å²) in [5.41, 5.74) is 4.74. The van der Waals surface area contributed by atoms with Crippen molar-refractivity contribution in [1.82, 2.24) is 20.2 Å². The maximum Gasteiger partial charge on any atom is 0.171 e. The van der Waals surface area contributed by atoms with Crippen LogP contribution in [0.1, 0.15) is 31.7 Å². The van der Waals surface area contributed by atoms with E-state index in [1.807, 2.05) is 13.0 Å². The molecule has 4 rings (SSSR count). The minimum absolute atomic E-state index is 0.611. The molecule has 0 amide bonds. The smallest absolute Gasteiger partial charge is 0.171 e. The van der Waals surface area contributed by atoms with E-state index in [4.69, 9.17) is 17.2 Å². The third-order valence-corrected chi connectivity index (χ3v) is 5.22. The first-order chi connectivity index (χ1) is 11.7. The van der Waals surface area contributed by atoms with Crippen molar-refractivity contribution >= 4 is 39.8 Å². The lowest BCUT2D eigenvalue weighted by atomic mass is 9.95. The van der Waals surface area contributed by atoms with Crippen LogP contribution in [0.3, 0.4) is 0 Å². The summed E-state index contributed by atoms with van der Waals surface area (Å²) in [6.07, 6.45) is 8.24. The van der Waals surface area contributed by atoms with Crippen molar-refractivity contribution in [3.05, 3.63) is 30.0 Å². The molecule has 1 atom stereocenters. The Kier molecular flexibility index (Phi) is 4.24. The zero-order valence-electron chi connectivity index (χ0n) is 13.9. The highest BCUT2D eigenvalue weighted by atomic mass is 32.1. The van der Waals surface area contributed by atoms with E-state index in [1.165, 1.54) is 30.5 Å². The van der Waals surface area contributed by atoms with Crippen LogP contribution in [0.15, 0.2) is 24.4 Å². The van der Waals surface area contributed by atoms with E-state index in [1.54, 1.807) is 0 Å². The monoisotopic (exact) mass is 341 g/mol. The highest BCUT2D eigenvalue weighted by Gasteiger charge is 2.28. The highest BCUT2D eigenvalue weighted by Crippen LogP contribution is 2.34. The average molecular weight is 341 g/mol. The van der Waals surface area contributed by atoms with Crippen LogP contribution >= 0.6 is 12.2 Å². The molecule has 6 heteroatoms. The molecule has 0 radical (unpaired) electrons. The molecule has 0 aromatic carbocycles. The third kappa shape index (κ3) is 2.91. The number of fused-ring (bicyclic) bond motifs is 2. The first-order valence-corrected chi connectivity index (χ1v) is 9.12. The Hall–Kier alpha value is -1.92. The van der Waals surface area contributed by atoms with E-state index in [9.17, 15) is 0 Å². The molecule has 1 unspecified atom stereocenters. The van der Waals surface area contributed by atoms with Gasteiger partial charge in [-0.2, -0.15) is 0 Å². The minimum Gasteiger partial charge on any atom is -0.363 e. The van der Waals surface area contributed by atoms with Crippen LogP contribution in [-0.4, -0.2) is 45.7 Å². The van der Waals surface area contributed by atoms with Gasteiger partial charge in [-0.3, -0.25) is 4.90 Å². The van der Waals surface area contributed by atoms with Gasteiger partial charge in [-0.15, -0.1) is 0 Å². The molecule has 2 aliphatic heterocycles. The Morgan fingerprint density at radius 3 is 3.25 bits per heavy atom. The van der Waals surface area contributed by atoms with Gasteiger partial charge in [0.15, 0.2) is 5.11 Å². The van der Waals surface area contributed by atoms with Crippen LogP contribution in [0, 0.1) is 0 Å². The normalized spacial score (nSPS) is 20.7. The van der Waals surface area contributed by atoms with E-state index in [2.05, 4.69) is 38.9 Å². The van der Waals surface area contributed by atoms with Gasteiger partial charge in [0.05, 0.1) is 11.0 Å². The molecule has 1 fully saturated rings. The molecular formula is C18H23N5S. The molecule has 2 aliphatic rings. The number of thiocarbonyl (C=S) groups is 1. The minimum atomic E-state index is 0.611. The number of pyridine rings is 1. The summed E-state index contributed by atoms with van der Waals surface area (Å²) in [4.78, 5) is 10.7. The quantitative estimate of drug-likeness (QED) is 0.749. The number of nitrogens with zero attached hydrogens (tertiary/aromatic N) is 2. The van der Waals surface area contributed by atoms with E-state index < -0.39 is 0 Å². The molecule has 126 valence electrons. The summed E-state index contributed by atoms with van der Waals surface area (Å²) in [7, 11) is 0. The Balaban J connectivity index is 1.62. The average Bonchev–Trinajstić information content (AvgIpc) is 3.20. The second-order valence-electron chi connectivity index (χ2n) is 6.50. The maximum absolute atomic E-state index is 5.26. The van der Waals surface area contributed by atoms with Gasteiger partial charge in [-0.05, 0) is 62.7 Å². The SMILES string of the molecule is CCNC(=S)Nc1ccc2[nH]cc(C3=CCN4CCCC4C3)c2n1. The molecular weight excluding hydrogens is 318 g/mol. The zero-order chi connectivity index (χ0) is 16.5. The number of aromatic nitrogens is 2. The van der Waals surface area contributed by atoms with Crippen molar-refractivity contribution in [3.63, 3.8) is 0 Å². The Morgan fingerprint density at radius 1 is 1.46 bits per heavy atom. The van der Waals surface area contributed by atoms with Crippen molar-refractivity contribution in [3.8, 4) is 0 Å². The number of nitrogens with one attached hydrogen (secondary N) is 3. The molecule has 1 saturated heterocycles. The Morgan fingerprint density at radius 2 is 2.38 bits per heavy atom. The van der Waals surface area contributed by atoms with Crippen LogP contribution in [0.25, 0.3) is 16.6 Å². The van der Waals surface area contributed by atoms with E-state index in [0.717, 1.165) is 36.4 Å². The van der Waals surface area contributed by atoms with Crippen molar-refractivity contribution in [1.29, 1.82) is 0 Å². The summed E-state index contributed by atoms with van der Waals surface area (Å²) in [5, 5.41) is 6.87. The Bertz CT molecular complexity index is 794. The van der Waals surface area contributed by atoms with Gasteiger partial charge in [0, 0.05) is 30.9 Å².